The first-order chi connectivity index (χ1) is 14.9. The maximum absolute atomic E-state index is 12.9. The quantitative estimate of drug-likeness (QED) is 0.511. The normalized spacial score (nSPS) is 11.8. The first-order valence-corrected chi connectivity index (χ1v) is 10.1. The van der Waals surface area contributed by atoms with Crippen molar-refractivity contribution >= 4 is 28.5 Å². The van der Waals surface area contributed by atoms with E-state index < -0.39 is 0 Å². The van der Waals surface area contributed by atoms with E-state index in [1.807, 2.05) is 61.8 Å². The van der Waals surface area contributed by atoms with Crippen LogP contribution in [0.1, 0.15) is 35.8 Å². The van der Waals surface area contributed by atoms with Gasteiger partial charge in [0.2, 0.25) is 5.91 Å². The van der Waals surface area contributed by atoms with E-state index >= 15 is 0 Å². The molecule has 0 saturated carbocycles. The lowest BCUT2D eigenvalue weighted by Gasteiger charge is -2.26. The zero-order chi connectivity index (χ0) is 22.0. The standard InChI is InChI=1S/C25H24N4O2/c1-17(28(3)25(31)20-8-12-21(13-9-20)27-18(2)30)19-10-14-22(15-11-19)29-16-26-23-6-4-5-7-24(23)29/h4-17H,1-3H3,(H,27,30). The number of anilines is 1. The number of para-hydroxylation sites is 2. The van der Waals surface area contributed by atoms with Gasteiger partial charge in [0.1, 0.15) is 6.33 Å². The van der Waals surface area contributed by atoms with Crippen LogP contribution in [0.4, 0.5) is 5.69 Å². The number of rotatable bonds is 5. The Kier molecular flexibility index (Phi) is 5.54. The summed E-state index contributed by atoms with van der Waals surface area (Å²) in [6.07, 6.45) is 1.82. The van der Waals surface area contributed by atoms with Crippen LogP contribution in [0.2, 0.25) is 0 Å². The van der Waals surface area contributed by atoms with Crippen LogP contribution in [-0.2, 0) is 4.79 Å². The molecule has 6 heteroatoms. The molecule has 1 heterocycles. The number of amides is 2. The number of carbonyl (C=O) groups excluding carboxylic acids is 2. The molecule has 0 aliphatic rings. The smallest absolute Gasteiger partial charge is 0.254 e. The molecule has 1 unspecified atom stereocenters. The Labute approximate surface area is 181 Å². The molecule has 0 radical (unpaired) electrons. The molecule has 0 spiro atoms. The lowest BCUT2D eigenvalue weighted by molar-refractivity contribution is -0.114. The third-order valence-electron chi connectivity index (χ3n) is 5.46. The summed E-state index contributed by atoms with van der Waals surface area (Å²) in [6, 6.07) is 23.0. The van der Waals surface area contributed by atoms with Crippen molar-refractivity contribution in [2.24, 2.45) is 0 Å². The molecule has 1 N–H and O–H groups in total. The maximum atomic E-state index is 12.9. The zero-order valence-electron chi connectivity index (χ0n) is 17.7. The molecule has 0 aliphatic carbocycles. The number of fused-ring (bicyclic) bond motifs is 1. The zero-order valence-corrected chi connectivity index (χ0v) is 17.7. The molecule has 4 rings (SSSR count). The summed E-state index contributed by atoms with van der Waals surface area (Å²) in [5.74, 6) is -0.219. The predicted octanol–water partition coefficient (Wildman–Crippen LogP) is 4.82. The lowest BCUT2D eigenvalue weighted by Crippen LogP contribution is -2.29. The molecule has 1 atom stereocenters. The van der Waals surface area contributed by atoms with Crippen LogP contribution in [0.15, 0.2) is 79.1 Å². The fourth-order valence-electron chi connectivity index (χ4n) is 3.58. The van der Waals surface area contributed by atoms with Gasteiger partial charge in [-0.15, -0.1) is 0 Å². The SMILES string of the molecule is CC(=O)Nc1ccc(C(=O)N(C)C(C)c2ccc(-n3cnc4ccccc43)cc2)cc1. The molecule has 0 aliphatic heterocycles. The summed E-state index contributed by atoms with van der Waals surface area (Å²) in [5, 5.41) is 2.71. The molecule has 4 aromatic rings. The van der Waals surface area contributed by atoms with Crippen LogP contribution in [0.25, 0.3) is 16.7 Å². The van der Waals surface area contributed by atoms with E-state index in [0.717, 1.165) is 22.3 Å². The van der Waals surface area contributed by atoms with Gasteiger partial charge < -0.3 is 10.2 Å². The summed E-state index contributed by atoms with van der Waals surface area (Å²) >= 11 is 0. The van der Waals surface area contributed by atoms with Gasteiger partial charge >= 0.3 is 0 Å². The van der Waals surface area contributed by atoms with Crippen molar-refractivity contribution < 1.29 is 9.59 Å². The molecular formula is C25H24N4O2. The highest BCUT2D eigenvalue weighted by Gasteiger charge is 2.19. The minimum Gasteiger partial charge on any atom is -0.335 e. The van der Waals surface area contributed by atoms with Crippen LogP contribution >= 0.6 is 0 Å². The Morgan fingerprint density at radius 3 is 2.32 bits per heavy atom. The van der Waals surface area contributed by atoms with Gasteiger partial charge in [-0.2, -0.15) is 0 Å². The predicted molar refractivity (Wildman–Crippen MR) is 122 cm³/mol. The number of carbonyl (C=O) groups is 2. The molecule has 2 amide bonds. The van der Waals surface area contributed by atoms with Crippen molar-refractivity contribution in [1.82, 2.24) is 14.5 Å². The number of benzene rings is 3. The summed E-state index contributed by atoms with van der Waals surface area (Å²) in [4.78, 5) is 30.2. The van der Waals surface area contributed by atoms with Gasteiger partial charge in [-0.25, -0.2) is 4.98 Å². The van der Waals surface area contributed by atoms with Crippen LogP contribution in [0.5, 0.6) is 0 Å². The lowest BCUT2D eigenvalue weighted by atomic mass is 10.1. The fraction of sp³-hybridized carbons (Fsp3) is 0.160. The van der Waals surface area contributed by atoms with Gasteiger partial charge in [0.15, 0.2) is 0 Å². The fourth-order valence-corrected chi connectivity index (χ4v) is 3.58. The third kappa shape index (κ3) is 4.19. The molecule has 156 valence electrons. The van der Waals surface area contributed by atoms with E-state index in [4.69, 9.17) is 0 Å². The highest BCUT2D eigenvalue weighted by atomic mass is 16.2. The van der Waals surface area contributed by atoms with Gasteiger partial charge in [-0.3, -0.25) is 14.2 Å². The third-order valence-corrected chi connectivity index (χ3v) is 5.46. The van der Waals surface area contributed by atoms with Crippen molar-refractivity contribution in [2.75, 3.05) is 12.4 Å². The monoisotopic (exact) mass is 412 g/mol. The van der Waals surface area contributed by atoms with Crippen molar-refractivity contribution in [3.63, 3.8) is 0 Å². The molecule has 3 aromatic carbocycles. The molecule has 0 saturated heterocycles. The molecule has 6 nitrogen and oxygen atoms in total. The number of aromatic nitrogens is 2. The number of nitrogens with one attached hydrogen (secondary N) is 1. The number of imidazole rings is 1. The first kappa shape index (κ1) is 20.3. The number of hydrogen-bond donors (Lipinski definition) is 1. The van der Waals surface area contributed by atoms with E-state index in [-0.39, 0.29) is 17.9 Å². The van der Waals surface area contributed by atoms with E-state index in [1.165, 1.54) is 6.92 Å². The Hall–Kier alpha value is -3.93. The molecule has 0 bridgehead atoms. The summed E-state index contributed by atoms with van der Waals surface area (Å²) in [6.45, 7) is 3.46. The summed E-state index contributed by atoms with van der Waals surface area (Å²) < 4.78 is 2.05. The summed E-state index contributed by atoms with van der Waals surface area (Å²) in [5.41, 5.74) is 5.31. The van der Waals surface area contributed by atoms with E-state index in [1.54, 1.807) is 36.2 Å². The Bertz CT molecular complexity index is 1230. The van der Waals surface area contributed by atoms with Crippen molar-refractivity contribution in [1.29, 1.82) is 0 Å². The molecule has 1 aromatic heterocycles. The van der Waals surface area contributed by atoms with Crippen LogP contribution in [0, 0.1) is 0 Å². The van der Waals surface area contributed by atoms with Crippen LogP contribution in [-0.4, -0.2) is 33.3 Å². The molecule has 31 heavy (non-hydrogen) atoms. The van der Waals surface area contributed by atoms with E-state index in [0.29, 0.717) is 11.3 Å². The first-order valence-electron chi connectivity index (χ1n) is 10.1. The Morgan fingerprint density at radius 2 is 1.65 bits per heavy atom. The van der Waals surface area contributed by atoms with Crippen molar-refractivity contribution in [3.05, 3.63) is 90.3 Å². The van der Waals surface area contributed by atoms with Crippen LogP contribution < -0.4 is 5.32 Å². The summed E-state index contributed by atoms with van der Waals surface area (Å²) in [7, 11) is 1.80. The van der Waals surface area contributed by atoms with Gasteiger partial charge in [0.25, 0.3) is 5.91 Å². The average Bonchev–Trinajstić information content (AvgIpc) is 3.22. The highest BCUT2D eigenvalue weighted by molar-refractivity contribution is 5.95. The number of hydrogen-bond acceptors (Lipinski definition) is 3. The second-order valence-corrected chi connectivity index (χ2v) is 7.55. The molecular weight excluding hydrogens is 388 g/mol. The minimum atomic E-state index is -0.142. The highest BCUT2D eigenvalue weighted by Crippen LogP contribution is 2.24. The van der Waals surface area contributed by atoms with Gasteiger partial charge in [0.05, 0.1) is 17.1 Å². The minimum absolute atomic E-state index is 0.0773. The molecule has 0 fully saturated rings. The topological polar surface area (TPSA) is 67.2 Å². The largest absolute Gasteiger partial charge is 0.335 e. The van der Waals surface area contributed by atoms with E-state index in [2.05, 4.69) is 14.9 Å². The van der Waals surface area contributed by atoms with E-state index in [9.17, 15) is 9.59 Å². The maximum Gasteiger partial charge on any atom is 0.254 e. The van der Waals surface area contributed by atoms with Gasteiger partial charge in [-0.05, 0) is 61.0 Å². The second kappa shape index (κ2) is 8.44. The van der Waals surface area contributed by atoms with Crippen molar-refractivity contribution in [2.45, 2.75) is 19.9 Å². The Balaban J connectivity index is 1.50. The second-order valence-electron chi connectivity index (χ2n) is 7.55. The van der Waals surface area contributed by atoms with Gasteiger partial charge in [-0.1, -0.05) is 24.3 Å². The van der Waals surface area contributed by atoms with Crippen LogP contribution in [0.3, 0.4) is 0 Å². The number of nitrogens with zero attached hydrogens (tertiary/aromatic N) is 3. The van der Waals surface area contributed by atoms with Gasteiger partial charge in [0, 0.05) is 30.9 Å². The Morgan fingerprint density at radius 1 is 0.968 bits per heavy atom. The van der Waals surface area contributed by atoms with Crippen molar-refractivity contribution in [3.8, 4) is 5.69 Å². The average molecular weight is 412 g/mol.